The zero-order chi connectivity index (χ0) is 22.8. The summed E-state index contributed by atoms with van der Waals surface area (Å²) in [5, 5.41) is 9.02. The van der Waals surface area contributed by atoms with E-state index >= 15 is 0 Å². The van der Waals surface area contributed by atoms with Crippen LogP contribution in [0, 0.1) is 11.3 Å². The Morgan fingerprint density at radius 1 is 1.21 bits per heavy atom. The van der Waals surface area contributed by atoms with Crippen LogP contribution in [0.3, 0.4) is 0 Å². The van der Waals surface area contributed by atoms with Crippen molar-refractivity contribution >= 4 is 11.7 Å². The lowest BCUT2D eigenvalue weighted by Gasteiger charge is -2.44. The highest BCUT2D eigenvalue weighted by Gasteiger charge is 2.44. The van der Waals surface area contributed by atoms with Gasteiger partial charge >= 0.3 is 0 Å². The number of fused-ring (bicyclic) bond motifs is 2. The van der Waals surface area contributed by atoms with Crippen LogP contribution in [0.2, 0.25) is 0 Å². The molecule has 2 atom stereocenters. The molecular weight excluding hydrogens is 418 g/mol. The summed E-state index contributed by atoms with van der Waals surface area (Å²) in [5.41, 5.74) is 1.11. The SMILES string of the molecule is CCOc1cncc(C2(OCC(=O)N3CC4CC[C@@H](C3)N4c3ccc(C#N)cn3)CCC2)c1. The zero-order valence-electron chi connectivity index (χ0n) is 18.9. The van der Waals surface area contributed by atoms with Gasteiger partial charge in [-0.25, -0.2) is 4.98 Å². The van der Waals surface area contributed by atoms with Gasteiger partial charge in [-0.1, -0.05) is 0 Å². The van der Waals surface area contributed by atoms with Crippen LogP contribution in [0.25, 0.3) is 0 Å². The van der Waals surface area contributed by atoms with Crippen molar-refractivity contribution in [3.05, 3.63) is 47.9 Å². The number of nitriles is 1. The first-order valence-electron chi connectivity index (χ1n) is 11.8. The van der Waals surface area contributed by atoms with Crippen LogP contribution in [0.15, 0.2) is 36.8 Å². The van der Waals surface area contributed by atoms with Crippen molar-refractivity contribution in [2.24, 2.45) is 0 Å². The fourth-order valence-electron chi connectivity index (χ4n) is 5.30. The molecule has 0 radical (unpaired) electrons. The molecule has 1 amide bonds. The Kier molecular flexibility index (Phi) is 5.90. The predicted molar refractivity (Wildman–Crippen MR) is 122 cm³/mol. The molecule has 0 aromatic carbocycles. The Balaban J connectivity index is 1.22. The summed E-state index contributed by atoms with van der Waals surface area (Å²) >= 11 is 0. The van der Waals surface area contributed by atoms with E-state index in [2.05, 4.69) is 20.9 Å². The summed E-state index contributed by atoms with van der Waals surface area (Å²) in [6.45, 7) is 3.96. The highest BCUT2D eigenvalue weighted by molar-refractivity contribution is 5.78. The van der Waals surface area contributed by atoms with E-state index in [0.717, 1.165) is 49.2 Å². The Morgan fingerprint density at radius 2 is 2.00 bits per heavy atom. The van der Waals surface area contributed by atoms with Crippen molar-refractivity contribution in [1.82, 2.24) is 14.9 Å². The van der Waals surface area contributed by atoms with Gasteiger partial charge in [0, 0.05) is 43.1 Å². The van der Waals surface area contributed by atoms with Gasteiger partial charge < -0.3 is 19.3 Å². The molecule has 8 heteroatoms. The molecule has 1 unspecified atom stereocenters. The van der Waals surface area contributed by atoms with Gasteiger partial charge in [0.15, 0.2) is 0 Å². The van der Waals surface area contributed by atoms with Crippen LogP contribution in [0.1, 0.15) is 50.2 Å². The smallest absolute Gasteiger partial charge is 0.248 e. The van der Waals surface area contributed by atoms with E-state index in [1.54, 1.807) is 18.5 Å². The first kappa shape index (κ1) is 21.7. The second-order valence-corrected chi connectivity index (χ2v) is 9.09. The second-order valence-electron chi connectivity index (χ2n) is 9.09. The van der Waals surface area contributed by atoms with E-state index in [-0.39, 0.29) is 24.6 Å². The molecular formula is C25H29N5O3. The number of amides is 1. The summed E-state index contributed by atoms with van der Waals surface area (Å²) < 4.78 is 11.9. The van der Waals surface area contributed by atoms with Crippen molar-refractivity contribution in [2.75, 3.05) is 31.2 Å². The van der Waals surface area contributed by atoms with E-state index in [1.165, 1.54) is 0 Å². The Hall–Kier alpha value is -3.18. The fourth-order valence-corrected chi connectivity index (χ4v) is 5.30. The predicted octanol–water partition coefficient (Wildman–Crippen LogP) is 3.02. The molecule has 33 heavy (non-hydrogen) atoms. The van der Waals surface area contributed by atoms with Crippen LogP contribution in [-0.2, 0) is 15.1 Å². The van der Waals surface area contributed by atoms with E-state index in [9.17, 15) is 4.79 Å². The van der Waals surface area contributed by atoms with Gasteiger partial charge in [-0.3, -0.25) is 9.78 Å². The maximum atomic E-state index is 13.1. The standard InChI is InChI=1S/C25H29N5O3/c1-2-32-22-10-19(13-27-14-22)25(8-3-9-25)33-17-24(31)29-15-20-5-6-21(16-29)30(20)23-7-4-18(11-26)12-28-23/h4,7,10,12-14,20-21H,2-3,5-6,8-9,15-17H2,1H3/t20-,21?/m0/s1. The van der Waals surface area contributed by atoms with E-state index in [0.29, 0.717) is 25.3 Å². The molecule has 2 aromatic heterocycles. The summed E-state index contributed by atoms with van der Waals surface area (Å²) in [7, 11) is 0. The lowest BCUT2D eigenvalue weighted by molar-refractivity contribution is -0.154. The number of piperazine rings is 1. The lowest BCUT2D eigenvalue weighted by atomic mass is 9.75. The molecule has 172 valence electrons. The molecule has 5 rings (SSSR count). The minimum absolute atomic E-state index is 0.0412. The normalized spacial score (nSPS) is 23.0. The molecule has 0 spiro atoms. The van der Waals surface area contributed by atoms with Crippen molar-refractivity contribution in [3.8, 4) is 11.8 Å². The maximum absolute atomic E-state index is 13.1. The highest BCUT2D eigenvalue weighted by atomic mass is 16.5. The Morgan fingerprint density at radius 3 is 2.61 bits per heavy atom. The van der Waals surface area contributed by atoms with Crippen LogP contribution < -0.4 is 9.64 Å². The third-order valence-electron chi connectivity index (χ3n) is 7.16. The topological polar surface area (TPSA) is 91.6 Å². The fraction of sp³-hybridized carbons (Fsp3) is 0.520. The molecule has 1 saturated carbocycles. The molecule has 2 aliphatic heterocycles. The minimum Gasteiger partial charge on any atom is -0.492 e. The Bertz CT molecular complexity index is 1030. The van der Waals surface area contributed by atoms with Gasteiger partial charge in [0.1, 0.15) is 24.2 Å². The van der Waals surface area contributed by atoms with Crippen LogP contribution in [0.4, 0.5) is 5.82 Å². The number of nitrogens with zero attached hydrogens (tertiary/aromatic N) is 5. The van der Waals surface area contributed by atoms with Crippen LogP contribution in [0.5, 0.6) is 5.75 Å². The first-order valence-corrected chi connectivity index (χ1v) is 11.8. The summed E-state index contributed by atoms with van der Waals surface area (Å²) in [6.07, 6.45) is 10.1. The average Bonchev–Trinajstić information content (AvgIpc) is 3.07. The summed E-state index contributed by atoms with van der Waals surface area (Å²) in [6, 6.07) is 8.32. The molecule has 3 fully saturated rings. The number of hydrogen-bond donors (Lipinski definition) is 0. The molecule has 0 N–H and O–H groups in total. The molecule has 8 nitrogen and oxygen atoms in total. The van der Waals surface area contributed by atoms with Crippen LogP contribution >= 0.6 is 0 Å². The van der Waals surface area contributed by atoms with Gasteiger partial charge in [0.05, 0.1) is 24.0 Å². The first-order chi connectivity index (χ1) is 16.1. The summed E-state index contributed by atoms with van der Waals surface area (Å²) in [5.74, 6) is 1.67. The van der Waals surface area contributed by atoms with E-state index < -0.39 is 5.60 Å². The van der Waals surface area contributed by atoms with Crippen molar-refractivity contribution in [3.63, 3.8) is 0 Å². The van der Waals surface area contributed by atoms with Gasteiger partial charge in [0.25, 0.3) is 0 Å². The monoisotopic (exact) mass is 447 g/mol. The van der Waals surface area contributed by atoms with E-state index in [4.69, 9.17) is 14.7 Å². The maximum Gasteiger partial charge on any atom is 0.248 e. The highest BCUT2D eigenvalue weighted by Crippen LogP contribution is 2.45. The average molecular weight is 448 g/mol. The number of pyridine rings is 2. The number of ether oxygens (including phenoxy) is 2. The van der Waals surface area contributed by atoms with E-state index in [1.807, 2.05) is 30.2 Å². The number of rotatable bonds is 7. The largest absolute Gasteiger partial charge is 0.492 e. The summed E-state index contributed by atoms with van der Waals surface area (Å²) in [4.78, 5) is 26.2. The molecule has 4 heterocycles. The third-order valence-corrected chi connectivity index (χ3v) is 7.16. The second kappa shape index (κ2) is 8.99. The van der Waals surface area contributed by atoms with Gasteiger partial charge in [-0.2, -0.15) is 5.26 Å². The number of carbonyl (C=O) groups is 1. The van der Waals surface area contributed by atoms with Crippen molar-refractivity contribution < 1.29 is 14.3 Å². The number of likely N-dealkylation sites (tertiary alicyclic amines) is 1. The van der Waals surface area contributed by atoms with Crippen molar-refractivity contribution in [1.29, 1.82) is 5.26 Å². The van der Waals surface area contributed by atoms with Crippen molar-refractivity contribution in [2.45, 2.75) is 56.7 Å². The molecule has 3 aliphatic rings. The van der Waals surface area contributed by atoms with Gasteiger partial charge in [-0.15, -0.1) is 0 Å². The molecule has 1 aliphatic carbocycles. The Labute approximate surface area is 194 Å². The minimum atomic E-state index is -0.441. The quantitative estimate of drug-likeness (QED) is 0.644. The van der Waals surface area contributed by atoms with Gasteiger partial charge in [-0.05, 0) is 57.2 Å². The number of hydrogen-bond acceptors (Lipinski definition) is 7. The third kappa shape index (κ3) is 4.13. The number of carbonyl (C=O) groups excluding carboxylic acids is 1. The number of aromatic nitrogens is 2. The van der Waals surface area contributed by atoms with Crippen LogP contribution in [-0.4, -0.2) is 59.2 Å². The molecule has 2 bridgehead atoms. The lowest BCUT2D eigenvalue weighted by Crippen LogP contribution is -2.56. The molecule has 2 saturated heterocycles. The zero-order valence-corrected chi connectivity index (χ0v) is 18.9. The molecule has 2 aromatic rings. The number of anilines is 1. The van der Waals surface area contributed by atoms with Gasteiger partial charge in [0.2, 0.25) is 5.91 Å².